The Morgan fingerprint density at radius 3 is 2.80 bits per heavy atom. The Bertz CT molecular complexity index is 1300. The molecule has 0 spiro atoms. The van der Waals surface area contributed by atoms with Gasteiger partial charge < -0.3 is 15.2 Å². The van der Waals surface area contributed by atoms with Gasteiger partial charge in [-0.2, -0.15) is 0 Å². The van der Waals surface area contributed by atoms with E-state index < -0.39 is 6.10 Å². The molecule has 0 radical (unpaired) electrons. The minimum absolute atomic E-state index is 0.0891. The van der Waals surface area contributed by atoms with E-state index in [0.717, 1.165) is 40.0 Å². The molecule has 2 unspecified atom stereocenters. The van der Waals surface area contributed by atoms with Crippen molar-refractivity contribution in [3.63, 3.8) is 0 Å². The van der Waals surface area contributed by atoms with Crippen LogP contribution < -0.4 is 10.1 Å². The number of aliphatic imine (C=N–C) groups is 1. The van der Waals surface area contributed by atoms with Gasteiger partial charge in [-0.05, 0) is 84.8 Å². The minimum Gasteiger partial charge on any atom is -0.490 e. The number of fused-ring (bicyclic) bond motifs is 2. The van der Waals surface area contributed by atoms with Crippen LogP contribution in [0.1, 0.15) is 37.0 Å². The molecule has 35 heavy (non-hydrogen) atoms. The van der Waals surface area contributed by atoms with Crippen molar-refractivity contribution >= 4 is 34.2 Å². The van der Waals surface area contributed by atoms with E-state index in [9.17, 15) is 5.11 Å². The first-order valence-electron chi connectivity index (χ1n) is 11.7. The highest BCUT2D eigenvalue weighted by Crippen LogP contribution is 2.38. The first-order valence-corrected chi connectivity index (χ1v) is 12.1. The summed E-state index contributed by atoms with van der Waals surface area (Å²) in [6.07, 6.45) is 8.35. The third-order valence-electron chi connectivity index (χ3n) is 5.96. The van der Waals surface area contributed by atoms with Gasteiger partial charge in [-0.15, -0.1) is 0 Å². The molecule has 0 aromatic heterocycles. The average molecular weight is 485 g/mol. The van der Waals surface area contributed by atoms with Crippen LogP contribution in [0.2, 0.25) is 5.02 Å². The van der Waals surface area contributed by atoms with Gasteiger partial charge in [0.1, 0.15) is 12.4 Å². The fourth-order valence-electron chi connectivity index (χ4n) is 4.11. The lowest BCUT2D eigenvalue weighted by Crippen LogP contribution is -2.33. The largest absolute Gasteiger partial charge is 0.490 e. The van der Waals surface area contributed by atoms with Crippen molar-refractivity contribution in [3.05, 3.63) is 106 Å². The summed E-state index contributed by atoms with van der Waals surface area (Å²) in [4.78, 5) is 4.39. The summed E-state index contributed by atoms with van der Waals surface area (Å²) in [6, 6.07) is 13.6. The van der Waals surface area contributed by atoms with Crippen LogP contribution in [0.5, 0.6) is 5.75 Å². The van der Waals surface area contributed by atoms with Gasteiger partial charge in [-0.3, -0.25) is 0 Å². The monoisotopic (exact) mass is 484 g/mol. The molecule has 2 N–H and O–H groups in total. The van der Waals surface area contributed by atoms with Crippen LogP contribution in [0.3, 0.4) is 0 Å². The zero-order valence-corrected chi connectivity index (χ0v) is 20.8. The van der Waals surface area contributed by atoms with Crippen LogP contribution >= 0.6 is 11.6 Å². The molecule has 2 aliphatic rings. The average Bonchev–Trinajstić information content (AvgIpc) is 3.00. The molecule has 4 rings (SSSR count). The van der Waals surface area contributed by atoms with Gasteiger partial charge in [0, 0.05) is 22.0 Å². The van der Waals surface area contributed by atoms with E-state index in [0.29, 0.717) is 23.7 Å². The quantitative estimate of drug-likeness (QED) is 0.290. The van der Waals surface area contributed by atoms with E-state index in [1.165, 1.54) is 5.57 Å². The highest BCUT2D eigenvalue weighted by Gasteiger charge is 2.26. The number of nitrogens with one attached hydrogen (secondary N) is 1. The lowest BCUT2D eigenvalue weighted by molar-refractivity contribution is 0.253. The number of ether oxygens (including phenoxy) is 1. The predicted molar refractivity (Wildman–Crippen MR) is 146 cm³/mol. The molecule has 2 aliphatic heterocycles. The molecule has 2 aromatic rings. The lowest BCUT2D eigenvalue weighted by atomic mass is 9.89. The zero-order chi connectivity index (χ0) is 24.8. The van der Waals surface area contributed by atoms with Crippen molar-refractivity contribution in [1.82, 2.24) is 5.32 Å². The molecule has 2 aromatic carbocycles. The van der Waals surface area contributed by atoms with E-state index >= 15 is 0 Å². The molecule has 0 fully saturated rings. The normalized spacial score (nSPS) is 17.9. The number of dihydropyridines is 1. The Hall–Kier alpha value is -3.52. The standard InChI is InChI=1S/C30H29ClN2O2/c1-20(2)23-10-13-30-28(18-23)26(27-7-5-16-33-29(27)19-35-30)6-4-15-32-17-14-25(21(3)34)22-8-11-24(31)12-9-22/h5-13,16,18,21,29,33-34H,1,4,15,19H2,2-3H3/b26-6+. The van der Waals surface area contributed by atoms with Gasteiger partial charge in [0.15, 0.2) is 0 Å². The van der Waals surface area contributed by atoms with Crippen molar-refractivity contribution in [2.45, 2.75) is 32.4 Å². The van der Waals surface area contributed by atoms with Crippen molar-refractivity contribution < 1.29 is 9.84 Å². The number of halogens is 1. The second kappa shape index (κ2) is 11.3. The maximum Gasteiger partial charge on any atom is 0.127 e. The van der Waals surface area contributed by atoms with Crippen molar-refractivity contribution in [3.8, 4) is 5.75 Å². The smallest absolute Gasteiger partial charge is 0.127 e. The third-order valence-corrected chi connectivity index (χ3v) is 6.21. The maximum atomic E-state index is 10.1. The number of nitrogens with zero attached hydrogens (tertiary/aromatic N) is 1. The summed E-state index contributed by atoms with van der Waals surface area (Å²) in [6.45, 7) is 8.91. The molecule has 2 atom stereocenters. The second-order valence-corrected chi connectivity index (χ2v) is 9.06. The first-order chi connectivity index (χ1) is 16.9. The van der Waals surface area contributed by atoms with E-state index in [-0.39, 0.29) is 6.04 Å². The van der Waals surface area contributed by atoms with E-state index in [1.54, 1.807) is 19.1 Å². The number of benzene rings is 2. The molecule has 0 saturated heterocycles. The van der Waals surface area contributed by atoms with Crippen LogP contribution in [0.25, 0.3) is 16.7 Å². The van der Waals surface area contributed by atoms with Gasteiger partial charge in [0.25, 0.3) is 0 Å². The number of hydrogen-bond acceptors (Lipinski definition) is 4. The summed E-state index contributed by atoms with van der Waals surface area (Å²) < 4.78 is 6.14. The molecule has 2 heterocycles. The maximum absolute atomic E-state index is 10.1. The Kier molecular flexibility index (Phi) is 7.92. The van der Waals surface area contributed by atoms with Crippen LogP contribution in [0, 0.1) is 0 Å². The lowest BCUT2D eigenvalue weighted by Gasteiger charge is -2.22. The molecule has 5 heteroatoms. The third kappa shape index (κ3) is 5.95. The van der Waals surface area contributed by atoms with Gasteiger partial charge in [-0.1, -0.05) is 54.1 Å². The topological polar surface area (TPSA) is 53.9 Å². The SMILES string of the molecule is C=C(C)c1ccc2c(c1)/C(=C/CCN=C=C=C(c1ccc(Cl)cc1)C(C)O)C1=CC=CNC1CO2. The number of allylic oxidation sites excluding steroid dienone is 3. The van der Waals surface area contributed by atoms with Crippen LogP contribution in [-0.2, 0) is 0 Å². The van der Waals surface area contributed by atoms with Crippen molar-refractivity contribution in [2.75, 3.05) is 13.2 Å². The van der Waals surface area contributed by atoms with Gasteiger partial charge in [-0.25, -0.2) is 4.99 Å². The second-order valence-electron chi connectivity index (χ2n) is 8.62. The number of aliphatic hydroxyl groups excluding tert-OH is 1. The molecule has 178 valence electrons. The van der Waals surface area contributed by atoms with E-state index in [2.05, 4.69) is 52.8 Å². The van der Waals surface area contributed by atoms with E-state index in [4.69, 9.17) is 16.3 Å². The van der Waals surface area contributed by atoms with E-state index in [1.807, 2.05) is 37.4 Å². The van der Waals surface area contributed by atoms with Crippen molar-refractivity contribution in [1.29, 1.82) is 0 Å². The van der Waals surface area contributed by atoms with Crippen LogP contribution in [0.15, 0.2) is 89.8 Å². The van der Waals surface area contributed by atoms with Crippen LogP contribution in [0.4, 0.5) is 0 Å². The minimum atomic E-state index is -0.693. The Balaban J connectivity index is 1.62. The zero-order valence-electron chi connectivity index (χ0n) is 20.0. The summed E-state index contributed by atoms with van der Waals surface area (Å²) >= 11 is 5.97. The molecule has 0 bridgehead atoms. The molecule has 0 amide bonds. The molecular formula is C30H29ClN2O2. The van der Waals surface area contributed by atoms with Gasteiger partial charge in [0.2, 0.25) is 0 Å². The summed E-state index contributed by atoms with van der Waals surface area (Å²) in [5, 5.41) is 14.2. The fraction of sp³-hybridized carbons (Fsp3) is 0.233. The number of aliphatic hydroxyl groups is 1. The highest BCUT2D eigenvalue weighted by molar-refractivity contribution is 6.30. The summed E-state index contributed by atoms with van der Waals surface area (Å²) in [5.74, 6) is 3.74. The van der Waals surface area contributed by atoms with Gasteiger partial charge >= 0.3 is 0 Å². The Morgan fingerprint density at radius 1 is 1.29 bits per heavy atom. The molecule has 0 saturated carbocycles. The first kappa shape index (κ1) is 24.6. The number of hydrogen-bond donors (Lipinski definition) is 2. The molecule has 0 aliphatic carbocycles. The van der Waals surface area contributed by atoms with Crippen LogP contribution in [-0.4, -0.2) is 36.3 Å². The van der Waals surface area contributed by atoms with Crippen molar-refractivity contribution in [2.24, 2.45) is 4.99 Å². The fourth-order valence-corrected chi connectivity index (χ4v) is 4.24. The van der Waals surface area contributed by atoms with Gasteiger partial charge in [0.05, 0.1) is 18.7 Å². The summed E-state index contributed by atoms with van der Waals surface area (Å²) in [7, 11) is 0. The molecular weight excluding hydrogens is 456 g/mol. The highest BCUT2D eigenvalue weighted by atomic mass is 35.5. The Morgan fingerprint density at radius 2 is 2.06 bits per heavy atom. The number of rotatable bonds is 6. The summed E-state index contributed by atoms with van der Waals surface area (Å²) in [5.41, 5.74) is 9.99. The molecule has 4 nitrogen and oxygen atoms in total. The Labute approximate surface area is 212 Å². The predicted octanol–water partition coefficient (Wildman–Crippen LogP) is 6.24.